The Morgan fingerprint density at radius 1 is 1.35 bits per heavy atom. The van der Waals surface area contributed by atoms with Gasteiger partial charge in [0, 0.05) is 12.1 Å². The Hall–Kier alpha value is -2.50. The first-order chi connectivity index (χ1) is 11.2. The van der Waals surface area contributed by atoms with Crippen molar-refractivity contribution < 1.29 is 19.1 Å². The van der Waals surface area contributed by atoms with E-state index >= 15 is 0 Å². The van der Waals surface area contributed by atoms with Crippen molar-refractivity contribution in [3.63, 3.8) is 0 Å². The maximum Gasteiger partial charge on any atom is 0.338 e. The number of methoxy groups -OCH3 is 1. The number of urea groups is 1. The molecular formula is C17H20N2O4. The fourth-order valence-electron chi connectivity index (χ4n) is 3.00. The number of nitrogens with one attached hydrogen (secondary N) is 1. The van der Waals surface area contributed by atoms with Crippen LogP contribution in [-0.2, 0) is 9.53 Å². The van der Waals surface area contributed by atoms with E-state index in [4.69, 9.17) is 9.47 Å². The number of hydrogen-bond donors (Lipinski definition) is 1. The summed E-state index contributed by atoms with van der Waals surface area (Å²) in [7, 11) is 1.57. The molecule has 1 atom stereocenters. The highest BCUT2D eigenvalue weighted by atomic mass is 16.5. The van der Waals surface area contributed by atoms with Crippen molar-refractivity contribution in [3.8, 4) is 5.75 Å². The lowest BCUT2D eigenvalue weighted by atomic mass is 9.95. The quantitative estimate of drug-likeness (QED) is 0.847. The van der Waals surface area contributed by atoms with Crippen LogP contribution in [0.25, 0.3) is 0 Å². The predicted octanol–water partition coefficient (Wildman–Crippen LogP) is 2.37. The second-order valence-corrected chi connectivity index (χ2v) is 5.57. The minimum Gasteiger partial charge on any atom is -0.496 e. The van der Waals surface area contributed by atoms with Crippen LogP contribution in [-0.4, -0.2) is 37.2 Å². The van der Waals surface area contributed by atoms with Crippen molar-refractivity contribution in [1.29, 1.82) is 0 Å². The van der Waals surface area contributed by atoms with Crippen molar-refractivity contribution in [1.82, 2.24) is 10.2 Å². The third kappa shape index (κ3) is 2.65. The van der Waals surface area contributed by atoms with Crippen LogP contribution >= 0.6 is 0 Å². The van der Waals surface area contributed by atoms with E-state index in [0.717, 1.165) is 18.4 Å². The molecule has 1 aromatic carbocycles. The molecule has 0 fully saturated rings. The summed E-state index contributed by atoms with van der Waals surface area (Å²) in [6, 6.07) is 6.62. The van der Waals surface area contributed by atoms with Gasteiger partial charge in [0.25, 0.3) is 0 Å². The number of para-hydroxylation sites is 1. The van der Waals surface area contributed by atoms with Crippen molar-refractivity contribution in [2.24, 2.45) is 0 Å². The Morgan fingerprint density at radius 2 is 2.13 bits per heavy atom. The summed E-state index contributed by atoms with van der Waals surface area (Å²) >= 11 is 0. The van der Waals surface area contributed by atoms with Crippen LogP contribution in [0.5, 0.6) is 5.75 Å². The van der Waals surface area contributed by atoms with E-state index in [1.54, 1.807) is 12.0 Å². The SMILES string of the molecule is CCCCN1C(=O)N[C@H](c2ccccc2OC)C2=C1COC2=O. The van der Waals surface area contributed by atoms with Gasteiger partial charge in [-0.15, -0.1) is 0 Å². The average molecular weight is 316 g/mol. The topological polar surface area (TPSA) is 67.9 Å². The molecule has 1 N–H and O–H groups in total. The largest absolute Gasteiger partial charge is 0.496 e. The summed E-state index contributed by atoms with van der Waals surface area (Å²) in [6.07, 6.45) is 1.84. The molecule has 0 radical (unpaired) electrons. The Morgan fingerprint density at radius 3 is 2.87 bits per heavy atom. The van der Waals surface area contributed by atoms with E-state index in [2.05, 4.69) is 12.2 Å². The fraction of sp³-hybridized carbons (Fsp3) is 0.412. The molecule has 0 aliphatic carbocycles. The van der Waals surface area contributed by atoms with Gasteiger partial charge in [0.1, 0.15) is 12.4 Å². The molecular weight excluding hydrogens is 296 g/mol. The highest BCUT2D eigenvalue weighted by molar-refractivity contribution is 5.97. The Kier molecular flexibility index (Phi) is 4.23. The number of esters is 1. The third-order valence-electron chi connectivity index (χ3n) is 4.18. The maximum absolute atomic E-state index is 12.5. The van der Waals surface area contributed by atoms with E-state index in [9.17, 15) is 9.59 Å². The van der Waals surface area contributed by atoms with Crippen LogP contribution in [0, 0.1) is 0 Å². The highest BCUT2D eigenvalue weighted by Crippen LogP contribution is 2.38. The molecule has 0 aromatic heterocycles. The zero-order valence-corrected chi connectivity index (χ0v) is 13.3. The van der Waals surface area contributed by atoms with Crippen molar-refractivity contribution >= 4 is 12.0 Å². The molecule has 6 heteroatoms. The summed E-state index contributed by atoms with van der Waals surface area (Å²) in [5.41, 5.74) is 1.93. The van der Waals surface area contributed by atoms with Crippen LogP contribution < -0.4 is 10.1 Å². The van der Waals surface area contributed by atoms with Crippen LogP contribution in [0.15, 0.2) is 35.5 Å². The number of carbonyl (C=O) groups excluding carboxylic acids is 2. The molecule has 23 heavy (non-hydrogen) atoms. The molecule has 2 aliphatic heterocycles. The lowest BCUT2D eigenvalue weighted by molar-refractivity contribution is -0.136. The molecule has 122 valence electrons. The Balaban J connectivity index is 2.04. The van der Waals surface area contributed by atoms with Gasteiger partial charge in [-0.2, -0.15) is 0 Å². The summed E-state index contributed by atoms with van der Waals surface area (Å²) < 4.78 is 10.6. The van der Waals surface area contributed by atoms with E-state index < -0.39 is 6.04 Å². The minimum absolute atomic E-state index is 0.150. The van der Waals surface area contributed by atoms with Gasteiger partial charge < -0.3 is 14.8 Å². The number of unbranched alkanes of at least 4 members (excludes halogenated alkanes) is 1. The smallest absolute Gasteiger partial charge is 0.338 e. The van der Waals surface area contributed by atoms with Gasteiger partial charge >= 0.3 is 12.0 Å². The van der Waals surface area contributed by atoms with Gasteiger partial charge in [-0.05, 0) is 12.5 Å². The second kappa shape index (κ2) is 6.32. The van der Waals surface area contributed by atoms with Gasteiger partial charge in [-0.1, -0.05) is 31.5 Å². The van der Waals surface area contributed by atoms with Gasteiger partial charge in [-0.25, -0.2) is 9.59 Å². The van der Waals surface area contributed by atoms with Gasteiger partial charge in [0.2, 0.25) is 0 Å². The third-order valence-corrected chi connectivity index (χ3v) is 4.18. The number of nitrogens with zero attached hydrogens (tertiary/aromatic N) is 1. The maximum atomic E-state index is 12.5. The minimum atomic E-state index is -0.540. The van der Waals surface area contributed by atoms with Gasteiger partial charge in [-0.3, -0.25) is 4.90 Å². The van der Waals surface area contributed by atoms with Crippen molar-refractivity contribution in [2.75, 3.05) is 20.3 Å². The number of benzene rings is 1. The number of ether oxygens (including phenoxy) is 2. The standard InChI is InChI=1S/C17H20N2O4/c1-3-4-9-19-12-10-23-16(20)14(12)15(18-17(19)21)11-7-5-6-8-13(11)22-2/h5-8,15H,3-4,9-10H2,1-2H3,(H,18,21)/t15-/m1/s1. The summed E-state index contributed by atoms with van der Waals surface area (Å²) in [5.74, 6) is 0.253. The van der Waals surface area contributed by atoms with Crippen LogP contribution in [0.2, 0.25) is 0 Å². The average Bonchev–Trinajstić information content (AvgIpc) is 2.95. The predicted molar refractivity (Wildman–Crippen MR) is 83.9 cm³/mol. The number of amides is 2. The first-order valence-corrected chi connectivity index (χ1v) is 7.78. The second-order valence-electron chi connectivity index (χ2n) is 5.57. The van der Waals surface area contributed by atoms with Crippen molar-refractivity contribution in [3.05, 3.63) is 41.1 Å². The first-order valence-electron chi connectivity index (χ1n) is 7.78. The van der Waals surface area contributed by atoms with Crippen LogP contribution in [0.3, 0.4) is 0 Å². The zero-order valence-electron chi connectivity index (χ0n) is 13.3. The molecule has 0 saturated carbocycles. The van der Waals surface area contributed by atoms with Crippen molar-refractivity contribution in [2.45, 2.75) is 25.8 Å². The van der Waals surface area contributed by atoms with E-state index in [-0.39, 0.29) is 18.6 Å². The number of hydrogen-bond acceptors (Lipinski definition) is 4. The van der Waals surface area contributed by atoms with Gasteiger partial charge in [0.05, 0.1) is 24.4 Å². The molecule has 0 unspecified atom stereocenters. The van der Waals surface area contributed by atoms with E-state index in [1.807, 2.05) is 24.3 Å². The highest BCUT2D eigenvalue weighted by Gasteiger charge is 2.42. The summed E-state index contributed by atoms with van der Waals surface area (Å²) in [4.78, 5) is 26.3. The molecule has 0 saturated heterocycles. The molecule has 0 bridgehead atoms. The molecule has 1 aromatic rings. The van der Waals surface area contributed by atoms with Gasteiger partial charge in [0.15, 0.2) is 0 Å². The number of rotatable bonds is 5. The molecule has 3 rings (SSSR count). The van der Waals surface area contributed by atoms with E-state index in [0.29, 0.717) is 23.6 Å². The lowest BCUT2D eigenvalue weighted by Crippen LogP contribution is -2.47. The first kappa shape index (κ1) is 15.4. The molecule has 2 amide bonds. The normalized spacial score (nSPS) is 20.3. The molecule has 6 nitrogen and oxygen atoms in total. The van der Waals surface area contributed by atoms with E-state index in [1.165, 1.54) is 0 Å². The molecule has 2 aliphatic rings. The van der Waals surface area contributed by atoms with Crippen LogP contribution in [0.1, 0.15) is 31.4 Å². The summed E-state index contributed by atoms with van der Waals surface area (Å²) in [6.45, 7) is 2.79. The van der Waals surface area contributed by atoms with Crippen LogP contribution in [0.4, 0.5) is 4.79 Å². The summed E-state index contributed by atoms with van der Waals surface area (Å²) in [5, 5.41) is 2.92. The Labute approximate surface area is 135 Å². The molecule has 0 spiro atoms. The molecule has 2 heterocycles. The number of carbonyl (C=O) groups is 2. The monoisotopic (exact) mass is 316 g/mol. The lowest BCUT2D eigenvalue weighted by Gasteiger charge is -2.33. The zero-order chi connectivity index (χ0) is 16.4. The number of cyclic esters (lactones) is 1. The fourth-order valence-corrected chi connectivity index (χ4v) is 3.00. The Bertz CT molecular complexity index is 668.